The zero-order valence-corrected chi connectivity index (χ0v) is 15.2. The van der Waals surface area contributed by atoms with Gasteiger partial charge in [-0.2, -0.15) is 0 Å². The quantitative estimate of drug-likeness (QED) is 0.784. The van der Waals surface area contributed by atoms with Crippen LogP contribution in [-0.2, 0) is 16.0 Å². The zero-order chi connectivity index (χ0) is 19.1. The van der Waals surface area contributed by atoms with Crippen LogP contribution in [0.5, 0.6) is 5.75 Å². The molecule has 2 aromatic carbocycles. The lowest BCUT2D eigenvalue weighted by Crippen LogP contribution is -2.14. The van der Waals surface area contributed by atoms with Crippen LogP contribution in [0.2, 0.25) is 0 Å². The summed E-state index contributed by atoms with van der Waals surface area (Å²) in [5, 5.41) is 5.60. The van der Waals surface area contributed by atoms with Crippen molar-refractivity contribution in [3.05, 3.63) is 53.3 Å². The molecule has 0 spiro atoms. The highest BCUT2D eigenvalue weighted by molar-refractivity contribution is 5.94. The second kappa shape index (κ2) is 8.99. The van der Waals surface area contributed by atoms with E-state index in [1.807, 2.05) is 13.0 Å². The second-order valence-corrected chi connectivity index (χ2v) is 5.95. The third-order valence-corrected chi connectivity index (χ3v) is 3.97. The molecule has 2 amide bonds. The standard InChI is InChI=1S/C20H23FN2O3/c1-4-19(24)22-15-8-5-13(2)17(12-15)23-20(25)10-7-14-6-9-18(26-3)16(21)11-14/h5-6,8-9,11-12H,4,7,10H2,1-3H3,(H,22,24)(H,23,25). The lowest BCUT2D eigenvalue weighted by molar-refractivity contribution is -0.116. The van der Waals surface area contributed by atoms with Crippen molar-refractivity contribution in [2.45, 2.75) is 33.1 Å². The van der Waals surface area contributed by atoms with Gasteiger partial charge in [-0.25, -0.2) is 4.39 Å². The van der Waals surface area contributed by atoms with E-state index < -0.39 is 5.82 Å². The molecular weight excluding hydrogens is 335 g/mol. The molecule has 0 radical (unpaired) electrons. The Morgan fingerprint density at radius 1 is 1.08 bits per heavy atom. The average Bonchev–Trinajstić information content (AvgIpc) is 2.62. The molecule has 6 heteroatoms. The Morgan fingerprint density at radius 3 is 2.50 bits per heavy atom. The smallest absolute Gasteiger partial charge is 0.224 e. The summed E-state index contributed by atoms with van der Waals surface area (Å²) in [4.78, 5) is 23.7. The van der Waals surface area contributed by atoms with E-state index in [4.69, 9.17) is 4.74 Å². The number of aryl methyl sites for hydroxylation is 2. The molecule has 0 unspecified atom stereocenters. The van der Waals surface area contributed by atoms with Crippen molar-refractivity contribution in [3.63, 3.8) is 0 Å². The number of benzene rings is 2. The number of anilines is 2. The molecule has 0 aliphatic heterocycles. The SMILES string of the molecule is CCC(=O)Nc1ccc(C)c(NC(=O)CCc2ccc(OC)c(F)c2)c1. The Morgan fingerprint density at radius 2 is 1.85 bits per heavy atom. The molecule has 0 atom stereocenters. The van der Waals surface area contributed by atoms with Gasteiger partial charge in [0.1, 0.15) is 0 Å². The number of carbonyl (C=O) groups is 2. The Kier molecular flexibility index (Phi) is 6.72. The molecule has 0 heterocycles. The van der Waals surface area contributed by atoms with Gasteiger partial charge in [-0.15, -0.1) is 0 Å². The number of hydrogen-bond acceptors (Lipinski definition) is 3. The molecule has 0 bridgehead atoms. The maximum absolute atomic E-state index is 13.7. The van der Waals surface area contributed by atoms with Crippen molar-refractivity contribution < 1.29 is 18.7 Å². The van der Waals surface area contributed by atoms with Crippen LogP contribution >= 0.6 is 0 Å². The van der Waals surface area contributed by atoms with Crippen molar-refractivity contribution in [2.24, 2.45) is 0 Å². The number of ether oxygens (including phenoxy) is 1. The number of rotatable bonds is 7. The number of hydrogen-bond donors (Lipinski definition) is 2. The molecule has 0 aromatic heterocycles. The fourth-order valence-electron chi connectivity index (χ4n) is 2.42. The lowest BCUT2D eigenvalue weighted by atomic mass is 10.1. The van der Waals surface area contributed by atoms with Crippen molar-refractivity contribution in [3.8, 4) is 5.75 Å². The van der Waals surface area contributed by atoms with Gasteiger partial charge in [0.2, 0.25) is 11.8 Å². The molecule has 138 valence electrons. The molecular formula is C20H23FN2O3. The number of carbonyl (C=O) groups excluding carboxylic acids is 2. The minimum absolute atomic E-state index is 0.0901. The summed E-state index contributed by atoms with van der Waals surface area (Å²) in [7, 11) is 1.41. The van der Waals surface area contributed by atoms with Gasteiger partial charge in [-0.05, 0) is 48.7 Å². The van der Waals surface area contributed by atoms with Gasteiger partial charge in [0, 0.05) is 24.2 Å². The fourth-order valence-corrected chi connectivity index (χ4v) is 2.42. The van der Waals surface area contributed by atoms with Gasteiger partial charge in [0.05, 0.1) is 7.11 Å². The molecule has 26 heavy (non-hydrogen) atoms. The largest absolute Gasteiger partial charge is 0.494 e. The van der Waals surface area contributed by atoms with Crippen molar-refractivity contribution in [1.29, 1.82) is 0 Å². The van der Waals surface area contributed by atoms with E-state index in [-0.39, 0.29) is 24.0 Å². The van der Waals surface area contributed by atoms with Crippen molar-refractivity contribution in [1.82, 2.24) is 0 Å². The first-order chi connectivity index (χ1) is 12.4. The molecule has 2 rings (SSSR count). The number of nitrogens with one attached hydrogen (secondary N) is 2. The Balaban J connectivity index is 1.98. The van der Waals surface area contributed by atoms with E-state index in [0.717, 1.165) is 11.1 Å². The van der Waals surface area contributed by atoms with Gasteiger partial charge < -0.3 is 15.4 Å². The highest BCUT2D eigenvalue weighted by Gasteiger charge is 2.09. The average molecular weight is 358 g/mol. The van der Waals surface area contributed by atoms with Crippen LogP contribution in [0, 0.1) is 12.7 Å². The zero-order valence-electron chi connectivity index (χ0n) is 15.2. The first-order valence-corrected chi connectivity index (χ1v) is 8.45. The van der Waals surface area contributed by atoms with E-state index in [9.17, 15) is 14.0 Å². The lowest BCUT2D eigenvalue weighted by Gasteiger charge is -2.11. The van der Waals surface area contributed by atoms with Crippen LogP contribution in [0.25, 0.3) is 0 Å². The van der Waals surface area contributed by atoms with E-state index in [1.165, 1.54) is 13.2 Å². The van der Waals surface area contributed by atoms with Crippen molar-refractivity contribution in [2.75, 3.05) is 17.7 Å². The molecule has 0 aliphatic rings. The number of halogens is 1. The molecule has 0 fully saturated rings. The molecule has 5 nitrogen and oxygen atoms in total. The Labute approximate surface area is 152 Å². The number of methoxy groups -OCH3 is 1. The molecule has 0 saturated heterocycles. The van der Waals surface area contributed by atoms with E-state index >= 15 is 0 Å². The second-order valence-electron chi connectivity index (χ2n) is 5.95. The predicted molar refractivity (Wildman–Crippen MR) is 100 cm³/mol. The van der Waals surface area contributed by atoms with Crippen LogP contribution in [-0.4, -0.2) is 18.9 Å². The summed E-state index contributed by atoms with van der Waals surface area (Å²) in [6.45, 7) is 3.65. The van der Waals surface area contributed by atoms with E-state index in [2.05, 4.69) is 10.6 Å². The van der Waals surface area contributed by atoms with E-state index in [0.29, 0.717) is 24.2 Å². The van der Waals surface area contributed by atoms with E-state index in [1.54, 1.807) is 31.2 Å². The topological polar surface area (TPSA) is 67.4 Å². The van der Waals surface area contributed by atoms with Gasteiger partial charge in [-0.3, -0.25) is 9.59 Å². The molecule has 2 N–H and O–H groups in total. The third-order valence-electron chi connectivity index (χ3n) is 3.97. The normalized spacial score (nSPS) is 10.3. The van der Waals surface area contributed by atoms with Crippen LogP contribution in [0.4, 0.5) is 15.8 Å². The van der Waals surface area contributed by atoms with Gasteiger partial charge >= 0.3 is 0 Å². The monoisotopic (exact) mass is 358 g/mol. The summed E-state index contributed by atoms with van der Waals surface area (Å²) in [5.74, 6) is -0.531. The molecule has 0 saturated carbocycles. The summed E-state index contributed by atoms with van der Waals surface area (Å²) in [6, 6.07) is 10.0. The van der Waals surface area contributed by atoms with Crippen LogP contribution in [0.3, 0.4) is 0 Å². The summed E-state index contributed by atoms with van der Waals surface area (Å²) in [5.41, 5.74) is 2.89. The molecule has 2 aromatic rings. The minimum atomic E-state index is -0.444. The fraction of sp³-hybridized carbons (Fsp3) is 0.300. The highest BCUT2D eigenvalue weighted by atomic mass is 19.1. The summed E-state index contributed by atoms with van der Waals surface area (Å²) in [6.07, 6.45) is 1.02. The Bertz CT molecular complexity index is 806. The minimum Gasteiger partial charge on any atom is -0.494 e. The maximum Gasteiger partial charge on any atom is 0.224 e. The van der Waals surface area contributed by atoms with Crippen LogP contribution in [0.15, 0.2) is 36.4 Å². The number of amides is 2. The van der Waals surface area contributed by atoms with Crippen LogP contribution in [0.1, 0.15) is 30.9 Å². The van der Waals surface area contributed by atoms with Crippen LogP contribution < -0.4 is 15.4 Å². The van der Waals surface area contributed by atoms with Gasteiger partial charge in [0.15, 0.2) is 11.6 Å². The first kappa shape index (κ1) is 19.4. The maximum atomic E-state index is 13.7. The molecule has 0 aliphatic carbocycles. The summed E-state index contributed by atoms with van der Waals surface area (Å²) < 4.78 is 18.6. The highest BCUT2D eigenvalue weighted by Crippen LogP contribution is 2.22. The first-order valence-electron chi connectivity index (χ1n) is 8.45. The third kappa shape index (κ3) is 5.31. The Hall–Kier alpha value is -2.89. The summed E-state index contributed by atoms with van der Waals surface area (Å²) >= 11 is 0. The van der Waals surface area contributed by atoms with Gasteiger partial charge in [0.25, 0.3) is 0 Å². The predicted octanol–water partition coefficient (Wildman–Crippen LogP) is 4.06. The van der Waals surface area contributed by atoms with Gasteiger partial charge in [-0.1, -0.05) is 19.1 Å². The van der Waals surface area contributed by atoms with Crippen molar-refractivity contribution >= 4 is 23.2 Å².